The second-order valence-electron chi connectivity index (χ2n) is 5.51. The van der Waals surface area contributed by atoms with Gasteiger partial charge in [0.05, 0.1) is 11.7 Å². The lowest BCUT2D eigenvalue weighted by molar-refractivity contribution is -0.155. The largest absolute Gasteiger partial charge is 0.451 e. The van der Waals surface area contributed by atoms with Crippen molar-refractivity contribution in [1.82, 2.24) is 14.9 Å². The topological polar surface area (TPSA) is 90.3 Å². The predicted octanol–water partition coefficient (Wildman–Crippen LogP) is 2.25. The average Bonchev–Trinajstić information content (AvgIpc) is 3.26. The van der Waals surface area contributed by atoms with E-state index < -0.39 is 12.1 Å². The third-order valence-electron chi connectivity index (χ3n) is 3.68. The fraction of sp³-hybridized carbons (Fsp3) is 0.294. The van der Waals surface area contributed by atoms with Crippen molar-refractivity contribution in [2.75, 3.05) is 6.54 Å². The first-order valence-electron chi connectivity index (χ1n) is 7.99. The Hall–Kier alpha value is -2.52. The molecule has 9 heteroatoms. The van der Waals surface area contributed by atoms with Crippen molar-refractivity contribution in [1.29, 1.82) is 0 Å². The summed E-state index contributed by atoms with van der Waals surface area (Å²) < 4.78 is 6.29. The summed E-state index contributed by atoms with van der Waals surface area (Å²) in [5, 5.41) is 6.90. The van der Waals surface area contributed by atoms with Crippen LogP contribution >= 0.6 is 22.7 Å². The molecule has 0 aliphatic heterocycles. The monoisotopic (exact) mass is 391 g/mol. The predicted molar refractivity (Wildman–Crippen MR) is 101 cm³/mol. The smallest absolute Gasteiger partial charge is 0.326 e. The van der Waals surface area contributed by atoms with Crippen molar-refractivity contribution < 1.29 is 14.3 Å². The van der Waals surface area contributed by atoms with Gasteiger partial charge in [0.15, 0.2) is 6.10 Å². The minimum Gasteiger partial charge on any atom is -0.451 e. The minimum atomic E-state index is -0.919. The van der Waals surface area contributed by atoms with Crippen LogP contribution in [0, 0.1) is 0 Å². The third kappa shape index (κ3) is 3.68. The summed E-state index contributed by atoms with van der Waals surface area (Å²) in [5.74, 6) is -1.04. The number of rotatable bonds is 6. The normalized spacial score (nSPS) is 12.1. The summed E-state index contributed by atoms with van der Waals surface area (Å²) in [6, 6.07) is 3.85. The van der Waals surface area contributed by atoms with Gasteiger partial charge in [-0.2, -0.15) is 0 Å². The molecular formula is C17H17N3O4S2. The molecule has 7 nitrogen and oxygen atoms in total. The van der Waals surface area contributed by atoms with E-state index in [2.05, 4.69) is 10.3 Å². The quantitative estimate of drug-likeness (QED) is 0.651. The molecule has 0 aliphatic carbocycles. The Morgan fingerprint density at radius 3 is 2.88 bits per heavy atom. The van der Waals surface area contributed by atoms with E-state index in [9.17, 15) is 14.4 Å². The maximum atomic E-state index is 12.8. The van der Waals surface area contributed by atoms with Gasteiger partial charge in [-0.1, -0.05) is 6.07 Å². The average molecular weight is 391 g/mol. The highest BCUT2D eigenvalue weighted by Crippen LogP contribution is 2.33. The number of ether oxygens (including phenoxy) is 1. The van der Waals surface area contributed by atoms with Crippen LogP contribution in [0.1, 0.15) is 13.8 Å². The number of carbonyl (C=O) groups is 2. The number of thiophene rings is 2. The van der Waals surface area contributed by atoms with Gasteiger partial charge in [-0.05, 0) is 25.3 Å². The molecule has 3 heterocycles. The molecule has 0 saturated carbocycles. The molecule has 136 valence electrons. The van der Waals surface area contributed by atoms with E-state index in [-0.39, 0.29) is 18.0 Å². The number of esters is 1. The SMILES string of the molecule is CCNC(=O)[C@@H](C)OC(=O)Cn1cnc2scc(-c3cccs3)c2c1=O. The molecule has 0 aliphatic rings. The molecule has 0 unspecified atom stereocenters. The van der Waals surface area contributed by atoms with Crippen LogP contribution in [0.5, 0.6) is 0 Å². The van der Waals surface area contributed by atoms with Crippen molar-refractivity contribution in [3.63, 3.8) is 0 Å². The molecule has 0 fully saturated rings. The molecule has 1 amide bonds. The number of amides is 1. The Kier molecular flexibility index (Phi) is 5.48. The van der Waals surface area contributed by atoms with E-state index in [0.717, 1.165) is 10.4 Å². The Labute approximate surface area is 157 Å². The van der Waals surface area contributed by atoms with Crippen LogP contribution < -0.4 is 10.9 Å². The van der Waals surface area contributed by atoms with Crippen LogP contribution in [0.4, 0.5) is 0 Å². The number of carbonyl (C=O) groups excluding carboxylic acids is 2. The van der Waals surface area contributed by atoms with Gasteiger partial charge in [-0.15, -0.1) is 22.7 Å². The lowest BCUT2D eigenvalue weighted by Gasteiger charge is -2.13. The van der Waals surface area contributed by atoms with Crippen LogP contribution in [-0.2, 0) is 20.9 Å². The Bertz CT molecular complexity index is 991. The first-order valence-corrected chi connectivity index (χ1v) is 9.75. The number of aromatic nitrogens is 2. The zero-order valence-corrected chi connectivity index (χ0v) is 15.9. The van der Waals surface area contributed by atoms with Crippen LogP contribution in [0.15, 0.2) is 34.0 Å². The van der Waals surface area contributed by atoms with Crippen molar-refractivity contribution >= 4 is 44.8 Å². The van der Waals surface area contributed by atoms with Crippen molar-refractivity contribution in [3.8, 4) is 10.4 Å². The molecule has 0 aromatic carbocycles. The van der Waals surface area contributed by atoms with Crippen LogP contribution in [0.2, 0.25) is 0 Å². The number of hydrogen-bond acceptors (Lipinski definition) is 7. The Morgan fingerprint density at radius 2 is 2.19 bits per heavy atom. The van der Waals surface area contributed by atoms with Crippen molar-refractivity contribution in [3.05, 3.63) is 39.6 Å². The summed E-state index contributed by atoms with van der Waals surface area (Å²) >= 11 is 2.92. The highest BCUT2D eigenvalue weighted by molar-refractivity contribution is 7.18. The van der Waals surface area contributed by atoms with Gasteiger partial charge in [0.25, 0.3) is 11.5 Å². The van der Waals surface area contributed by atoms with Gasteiger partial charge in [-0.3, -0.25) is 19.0 Å². The van der Waals surface area contributed by atoms with Crippen molar-refractivity contribution in [2.24, 2.45) is 0 Å². The maximum absolute atomic E-state index is 12.8. The minimum absolute atomic E-state index is 0.300. The Balaban J connectivity index is 1.84. The number of hydrogen-bond donors (Lipinski definition) is 1. The lowest BCUT2D eigenvalue weighted by atomic mass is 10.2. The second kappa shape index (κ2) is 7.79. The van der Waals surface area contributed by atoms with Gasteiger partial charge in [-0.25, -0.2) is 4.98 Å². The molecule has 26 heavy (non-hydrogen) atoms. The summed E-state index contributed by atoms with van der Waals surface area (Å²) in [7, 11) is 0. The number of nitrogens with one attached hydrogen (secondary N) is 1. The summed E-state index contributed by atoms with van der Waals surface area (Å²) in [6.45, 7) is 3.41. The lowest BCUT2D eigenvalue weighted by Crippen LogP contribution is -2.37. The van der Waals surface area contributed by atoms with Crippen LogP contribution in [0.3, 0.4) is 0 Å². The van der Waals surface area contributed by atoms with E-state index >= 15 is 0 Å². The van der Waals surface area contributed by atoms with Gasteiger partial charge >= 0.3 is 5.97 Å². The fourth-order valence-corrected chi connectivity index (χ4v) is 4.16. The third-order valence-corrected chi connectivity index (χ3v) is 5.46. The molecule has 3 rings (SSSR count). The zero-order valence-electron chi connectivity index (χ0n) is 14.2. The molecule has 0 saturated heterocycles. The summed E-state index contributed by atoms with van der Waals surface area (Å²) in [4.78, 5) is 42.4. The van der Waals surface area contributed by atoms with Gasteiger partial charge < -0.3 is 10.1 Å². The standard InChI is InChI=1S/C17H17N3O4S2/c1-3-18-15(22)10(2)24-13(21)7-20-9-19-16-14(17(20)23)11(8-26-16)12-5-4-6-25-12/h4-6,8-10H,3,7H2,1-2H3,(H,18,22)/t10-/m1/s1. The van der Waals surface area contributed by atoms with Gasteiger partial charge in [0.2, 0.25) is 0 Å². The first kappa shape index (κ1) is 18.3. The van der Waals surface area contributed by atoms with Crippen molar-refractivity contribution in [2.45, 2.75) is 26.5 Å². The summed E-state index contributed by atoms with van der Waals surface area (Å²) in [6.07, 6.45) is 0.412. The first-order chi connectivity index (χ1) is 12.5. The van der Waals surface area contributed by atoms with E-state index in [1.165, 1.54) is 40.5 Å². The molecular weight excluding hydrogens is 374 g/mol. The molecule has 0 radical (unpaired) electrons. The van der Waals surface area contributed by atoms with E-state index in [1.807, 2.05) is 22.9 Å². The molecule has 0 bridgehead atoms. The molecule has 1 atom stereocenters. The van der Waals surface area contributed by atoms with Gasteiger partial charge in [0.1, 0.15) is 11.4 Å². The summed E-state index contributed by atoms with van der Waals surface area (Å²) in [5.41, 5.74) is 0.512. The number of fused-ring (bicyclic) bond motifs is 1. The van der Waals surface area contributed by atoms with E-state index in [4.69, 9.17) is 4.74 Å². The van der Waals surface area contributed by atoms with E-state index in [1.54, 1.807) is 6.92 Å². The number of likely N-dealkylation sites (N-methyl/N-ethyl adjacent to an activating group) is 1. The zero-order chi connectivity index (χ0) is 18.7. The fourth-order valence-electron chi connectivity index (χ4n) is 2.44. The second-order valence-corrected chi connectivity index (χ2v) is 7.32. The van der Waals surface area contributed by atoms with Crippen LogP contribution in [0.25, 0.3) is 20.7 Å². The molecule has 0 spiro atoms. The van der Waals surface area contributed by atoms with Gasteiger partial charge in [0, 0.05) is 22.4 Å². The maximum Gasteiger partial charge on any atom is 0.326 e. The van der Waals surface area contributed by atoms with Crippen LogP contribution in [-0.4, -0.2) is 34.1 Å². The Morgan fingerprint density at radius 1 is 1.38 bits per heavy atom. The molecule has 1 N–H and O–H groups in total. The highest BCUT2D eigenvalue weighted by atomic mass is 32.1. The molecule has 3 aromatic heterocycles. The number of nitrogens with zero attached hydrogens (tertiary/aromatic N) is 2. The molecule has 3 aromatic rings. The highest BCUT2D eigenvalue weighted by Gasteiger charge is 2.19. The van der Waals surface area contributed by atoms with E-state index in [0.29, 0.717) is 16.8 Å².